The Kier molecular flexibility index (Phi) is 5.47. The van der Waals surface area contributed by atoms with Crippen LogP contribution in [0.1, 0.15) is 54.9 Å². The van der Waals surface area contributed by atoms with Gasteiger partial charge in [0.15, 0.2) is 0 Å². The molecule has 1 aromatic rings. The molecule has 0 radical (unpaired) electrons. The van der Waals surface area contributed by atoms with Crippen LogP contribution in [0.5, 0.6) is 0 Å². The Hall–Kier alpha value is -1.02. The lowest BCUT2D eigenvalue weighted by molar-refractivity contribution is 0.0921. The molecule has 2 nitrogen and oxygen atoms in total. The number of rotatable bonds is 5. The van der Waals surface area contributed by atoms with E-state index < -0.39 is 0 Å². The first-order valence-corrected chi connectivity index (χ1v) is 8.16. The Morgan fingerprint density at radius 3 is 2.40 bits per heavy atom. The molecule has 3 heteroatoms. The number of halogens is 1. The quantitative estimate of drug-likeness (QED) is 0.811. The van der Waals surface area contributed by atoms with Crippen LogP contribution in [0.4, 0.5) is 0 Å². The summed E-state index contributed by atoms with van der Waals surface area (Å²) in [6, 6.07) is 7.85. The van der Waals surface area contributed by atoms with E-state index in [1.54, 1.807) is 0 Å². The van der Waals surface area contributed by atoms with E-state index in [1.165, 1.54) is 24.8 Å². The van der Waals surface area contributed by atoms with Gasteiger partial charge < -0.3 is 5.32 Å². The maximum absolute atomic E-state index is 12.2. The Morgan fingerprint density at radius 2 is 1.85 bits per heavy atom. The van der Waals surface area contributed by atoms with E-state index >= 15 is 0 Å². The molecule has 1 aromatic carbocycles. The van der Waals surface area contributed by atoms with Crippen molar-refractivity contribution in [1.82, 2.24) is 5.32 Å². The number of hydrogen-bond donors (Lipinski definition) is 1. The maximum Gasteiger partial charge on any atom is 0.251 e. The average Bonchev–Trinajstić information content (AvgIpc) is 2.53. The van der Waals surface area contributed by atoms with Gasteiger partial charge in [-0.25, -0.2) is 0 Å². The zero-order valence-electron chi connectivity index (χ0n) is 12.3. The first kappa shape index (κ1) is 15.4. The monoisotopic (exact) mass is 293 g/mol. The molecule has 1 amide bonds. The highest BCUT2D eigenvalue weighted by Crippen LogP contribution is 2.36. The number of amides is 1. The van der Waals surface area contributed by atoms with Crippen molar-refractivity contribution in [2.24, 2.45) is 5.41 Å². The van der Waals surface area contributed by atoms with E-state index in [0.29, 0.717) is 12.4 Å². The molecule has 1 fully saturated rings. The fourth-order valence-electron chi connectivity index (χ4n) is 2.92. The van der Waals surface area contributed by atoms with Gasteiger partial charge in [-0.2, -0.15) is 0 Å². The molecule has 0 unspecified atom stereocenters. The van der Waals surface area contributed by atoms with Crippen molar-refractivity contribution in [3.05, 3.63) is 35.4 Å². The second-order valence-corrected chi connectivity index (χ2v) is 6.19. The van der Waals surface area contributed by atoms with Gasteiger partial charge in [0.1, 0.15) is 0 Å². The molecule has 0 spiro atoms. The average molecular weight is 294 g/mol. The molecule has 2 rings (SSSR count). The van der Waals surface area contributed by atoms with Crippen molar-refractivity contribution in [3.63, 3.8) is 0 Å². The zero-order valence-corrected chi connectivity index (χ0v) is 13.0. The van der Waals surface area contributed by atoms with E-state index in [0.717, 1.165) is 24.8 Å². The van der Waals surface area contributed by atoms with Crippen LogP contribution in [-0.4, -0.2) is 18.3 Å². The van der Waals surface area contributed by atoms with Crippen molar-refractivity contribution >= 4 is 17.5 Å². The Bertz CT molecular complexity index is 435. The van der Waals surface area contributed by atoms with E-state index in [1.807, 2.05) is 24.3 Å². The standard InChI is InChI=1S/C17H24ClNO/c1-2-14-6-8-15(9-7-14)16(20)19-13-17(12-18)10-4-3-5-11-17/h6-9H,2-5,10-13H2,1H3,(H,19,20). The van der Waals surface area contributed by atoms with Crippen molar-refractivity contribution in [2.45, 2.75) is 45.4 Å². The van der Waals surface area contributed by atoms with Crippen LogP contribution in [0.25, 0.3) is 0 Å². The van der Waals surface area contributed by atoms with E-state index in [9.17, 15) is 4.79 Å². The lowest BCUT2D eigenvalue weighted by atomic mass is 9.75. The Labute approximate surface area is 126 Å². The molecule has 20 heavy (non-hydrogen) atoms. The first-order valence-electron chi connectivity index (χ1n) is 7.62. The molecule has 0 atom stereocenters. The van der Waals surface area contributed by atoms with E-state index in [-0.39, 0.29) is 11.3 Å². The van der Waals surface area contributed by atoms with Crippen molar-refractivity contribution in [1.29, 1.82) is 0 Å². The largest absolute Gasteiger partial charge is 0.351 e. The Balaban J connectivity index is 1.93. The van der Waals surface area contributed by atoms with Crippen LogP contribution in [0, 0.1) is 5.41 Å². The van der Waals surface area contributed by atoms with Crippen molar-refractivity contribution in [3.8, 4) is 0 Å². The van der Waals surface area contributed by atoms with Crippen LogP contribution in [0.2, 0.25) is 0 Å². The van der Waals surface area contributed by atoms with Gasteiger partial charge in [-0.3, -0.25) is 4.79 Å². The van der Waals surface area contributed by atoms with Crippen LogP contribution in [0.3, 0.4) is 0 Å². The van der Waals surface area contributed by atoms with Gasteiger partial charge >= 0.3 is 0 Å². The predicted octanol–water partition coefficient (Wildman–Crippen LogP) is 4.17. The number of benzene rings is 1. The second kappa shape index (κ2) is 7.12. The summed E-state index contributed by atoms with van der Waals surface area (Å²) in [6.07, 6.45) is 7.01. The summed E-state index contributed by atoms with van der Waals surface area (Å²) in [5.74, 6) is 0.657. The highest BCUT2D eigenvalue weighted by atomic mass is 35.5. The molecule has 1 aliphatic carbocycles. The summed E-state index contributed by atoms with van der Waals surface area (Å²) < 4.78 is 0. The molecule has 0 saturated heterocycles. The summed E-state index contributed by atoms with van der Waals surface area (Å²) in [6.45, 7) is 2.81. The molecule has 110 valence electrons. The van der Waals surface area contributed by atoms with Gasteiger partial charge in [-0.1, -0.05) is 38.3 Å². The van der Waals surface area contributed by atoms with Crippen LogP contribution in [-0.2, 0) is 6.42 Å². The predicted molar refractivity (Wildman–Crippen MR) is 84.4 cm³/mol. The second-order valence-electron chi connectivity index (χ2n) is 5.93. The van der Waals surface area contributed by atoms with Gasteiger partial charge in [0, 0.05) is 23.4 Å². The SMILES string of the molecule is CCc1ccc(C(=O)NCC2(CCl)CCCCC2)cc1. The Morgan fingerprint density at radius 1 is 1.20 bits per heavy atom. The molecule has 1 aliphatic rings. The molecular formula is C17H24ClNO. The van der Waals surface area contributed by atoms with Gasteiger partial charge in [-0.05, 0) is 37.0 Å². The van der Waals surface area contributed by atoms with Gasteiger partial charge in [0.25, 0.3) is 5.91 Å². The fourth-order valence-corrected chi connectivity index (χ4v) is 3.28. The van der Waals surface area contributed by atoms with Crippen LogP contribution < -0.4 is 5.32 Å². The molecule has 1 N–H and O–H groups in total. The third kappa shape index (κ3) is 3.76. The molecule has 0 bridgehead atoms. The minimum Gasteiger partial charge on any atom is -0.351 e. The third-order valence-corrected chi connectivity index (χ3v) is 5.01. The number of alkyl halides is 1. The highest BCUT2D eigenvalue weighted by Gasteiger charge is 2.31. The van der Waals surface area contributed by atoms with Crippen molar-refractivity contribution in [2.75, 3.05) is 12.4 Å². The lowest BCUT2D eigenvalue weighted by Crippen LogP contribution is -2.40. The number of carbonyl (C=O) groups excluding carboxylic acids is 1. The molecule has 0 heterocycles. The minimum atomic E-state index is 0.0164. The maximum atomic E-state index is 12.2. The van der Waals surface area contributed by atoms with Crippen molar-refractivity contribution < 1.29 is 4.79 Å². The smallest absolute Gasteiger partial charge is 0.251 e. The molecular weight excluding hydrogens is 270 g/mol. The number of aryl methyl sites for hydroxylation is 1. The summed E-state index contributed by atoms with van der Waals surface area (Å²) in [4.78, 5) is 12.2. The number of nitrogens with one attached hydrogen (secondary N) is 1. The normalized spacial score (nSPS) is 17.7. The molecule has 0 aromatic heterocycles. The fraction of sp³-hybridized carbons (Fsp3) is 0.588. The summed E-state index contributed by atoms with van der Waals surface area (Å²) in [5, 5.41) is 3.07. The van der Waals surface area contributed by atoms with Crippen LogP contribution >= 0.6 is 11.6 Å². The lowest BCUT2D eigenvalue weighted by Gasteiger charge is -2.35. The summed E-state index contributed by atoms with van der Waals surface area (Å²) >= 11 is 6.15. The summed E-state index contributed by atoms with van der Waals surface area (Å²) in [7, 11) is 0. The third-order valence-electron chi connectivity index (χ3n) is 4.45. The van der Waals surface area contributed by atoms with E-state index in [2.05, 4.69) is 12.2 Å². The van der Waals surface area contributed by atoms with Gasteiger partial charge in [0.2, 0.25) is 0 Å². The summed E-state index contributed by atoms with van der Waals surface area (Å²) in [5.41, 5.74) is 2.10. The molecule has 0 aliphatic heterocycles. The van der Waals surface area contributed by atoms with Crippen LogP contribution in [0.15, 0.2) is 24.3 Å². The van der Waals surface area contributed by atoms with E-state index in [4.69, 9.17) is 11.6 Å². The number of hydrogen-bond acceptors (Lipinski definition) is 1. The zero-order chi connectivity index (χ0) is 14.4. The van der Waals surface area contributed by atoms with Gasteiger partial charge in [-0.15, -0.1) is 11.6 Å². The minimum absolute atomic E-state index is 0.0164. The highest BCUT2D eigenvalue weighted by molar-refractivity contribution is 6.18. The van der Waals surface area contributed by atoms with Gasteiger partial charge in [0.05, 0.1) is 0 Å². The number of carbonyl (C=O) groups is 1. The first-order chi connectivity index (χ1) is 9.69. The topological polar surface area (TPSA) is 29.1 Å². The molecule has 1 saturated carbocycles.